The lowest BCUT2D eigenvalue weighted by Crippen LogP contribution is -2.11. The average Bonchev–Trinajstić information content (AvgIpc) is 3.01. The summed E-state index contributed by atoms with van der Waals surface area (Å²) in [6.45, 7) is 6.79. The molecule has 4 aromatic rings. The third-order valence-corrected chi connectivity index (χ3v) is 7.68. The lowest BCUT2D eigenvalue weighted by molar-refractivity contribution is 0.0447. The molecule has 41 heavy (non-hydrogen) atoms. The normalized spacial score (nSPS) is 11.8. The van der Waals surface area contributed by atoms with Gasteiger partial charge in [0.05, 0.1) is 17.7 Å². The van der Waals surface area contributed by atoms with E-state index in [9.17, 15) is 9.59 Å². The van der Waals surface area contributed by atoms with E-state index in [0.29, 0.717) is 29.4 Å². The van der Waals surface area contributed by atoms with Crippen molar-refractivity contribution in [2.75, 3.05) is 6.61 Å². The van der Waals surface area contributed by atoms with E-state index in [1.165, 1.54) is 44.1 Å². The number of benzene rings is 4. The highest BCUT2D eigenvalue weighted by atomic mass is 16.5. The standard InChI is InChI=1S/C37H42O4/c1-4-6-7-8-9-10-11-28-12-14-29(15-13-28)30-16-18-31(19-17-30)37(39)41-35-23-22-32-24-34(21-20-33(32)25-35)36(38)40-26-27(3)5-2/h12-25,27H,4-11,26H2,1-3H3. The van der Waals surface area contributed by atoms with Crippen LogP contribution in [0.15, 0.2) is 84.9 Å². The minimum Gasteiger partial charge on any atom is -0.462 e. The third-order valence-electron chi connectivity index (χ3n) is 7.68. The highest BCUT2D eigenvalue weighted by Gasteiger charge is 2.12. The van der Waals surface area contributed by atoms with Crippen LogP contribution in [0.4, 0.5) is 0 Å². The summed E-state index contributed by atoms with van der Waals surface area (Å²) in [6, 6.07) is 27.1. The zero-order chi connectivity index (χ0) is 29.0. The van der Waals surface area contributed by atoms with Crippen molar-refractivity contribution < 1.29 is 19.1 Å². The fourth-order valence-corrected chi connectivity index (χ4v) is 4.77. The Balaban J connectivity index is 1.32. The maximum atomic E-state index is 12.8. The number of ether oxygens (including phenoxy) is 2. The first kappa shape index (κ1) is 30.0. The number of hydrogen-bond acceptors (Lipinski definition) is 4. The molecule has 0 N–H and O–H groups in total. The monoisotopic (exact) mass is 550 g/mol. The summed E-state index contributed by atoms with van der Waals surface area (Å²) in [5.74, 6) is 0.0595. The van der Waals surface area contributed by atoms with E-state index in [4.69, 9.17) is 9.47 Å². The van der Waals surface area contributed by atoms with Gasteiger partial charge in [-0.2, -0.15) is 0 Å². The van der Waals surface area contributed by atoms with Crippen LogP contribution >= 0.6 is 0 Å². The second-order valence-electron chi connectivity index (χ2n) is 11.0. The van der Waals surface area contributed by atoms with Crippen LogP contribution in [-0.2, 0) is 11.2 Å². The van der Waals surface area contributed by atoms with Gasteiger partial charge in [0, 0.05) is 0 Å². The zero-order valence-corrected chi connectivity index (χ0v) is 24.7. The van der Waals surface area contributed by atoms with E-state index in [-0.39, 0.29) is 5.97 Å². The summed E-state index contributed by atoms with van der Waals surface area (Å²) in [4.78, 5) is 25.2. The highest BCUT2D eigenvalue weighted by Crippen LogP contribution is 2.25. The summed E-state index contributed by atoms with van der Waals surface area (Å²) < 4.78 is 11.1. The van der Waals surface area contributed by atoms with Gasteiger partial charge in [0.15, 0.2) is 0 Å². The minimum absolute atomic E-state index is 0.324. The number of fused-ring (bicyclic) bond motifs is 1. The van der Waals surface area contributed by atoms with Crippen LogP contribution in [0.1, 0.15) is 92.0 Å². The lowest BCUT2D eigenvalue weighted by atomic mass is 10.00. The molecule has 0 bridgehead atoms. The van der Waals surface area contributed by atoms with E-state index in [2.05, 4.69) is 45.0 Å². The first-order chi connectivity index (χ1) is 20.0. The topological polar surface area (TPSA) is 52.6 Å². The Kier molecular flexibility index (Phi) is 11.1. The minimum atomic E-state index is -0.407. The number of rotatable bonds is 14. The molecule has 4 aromatic carbocycles. The molecule has 0 saturated heterocycles. The van der Waals surface area contributed by atoms with E-state index < -0.39 is 5.97 Å². The zero-order valence-electron chi connectivity index (χ0n) is 24.7. The van der Waals surface area contributed by atoms with Crippen LogP contribution in [0, 0.1) is 5.92 Å². The molecular weight excluding hydrogens is 508 g/mol. The lowest BCUT2D eigenvalue weighted by Gasteiger charge is -2.10. The first-order valence-electron chi connectivity index (χ1n) is 15.1. The number of carbonyl (C=O) groups excluding carboxylic acids is 2. The predicted molar refractivity (Wildman–Crippen MR) is 168 cm³/mol. The van der Waals surface area contributed by atoms with Crippen LogP contribution < -0.4 is 4.74 Å². The van der Waals surface area contributed by atoms with Gasteiger partial charge in [-0.25, -0.2) is 9.59 Å². The number of aryl methyl sites for hydroxylation is 1. The summed E-state index contributed by atoms with van der Waals surface area (Å²) in [5, 5.41) is 1.76. The quantitative estimate of drug-likeness (QED) is 0.0890. The van der Waals surface area contributed by atoms with Crippen LogP contribution in [0.3, 0.4) is 0 Å². The summed E-state index contributed by atoms with van der Waals surface area (Å²) in [5.41, 5.74) is 4.58. The Labute approximate surface area is 244 Å². The van der Waals surface area contributed by atoms with Gasteiger partial charge in [-0.1, -0.05) is 108 Å². The van der Waals surface area contributed by atoms with Crippen molar-refractivity contribution in [1.29, 1.82) is 0 Å². The number of hydrogen-bond donors (Lipinski definition) is 0. The molecule has 0 heterocycles. The molecule has 0 fully saturated rings. The van der Waals surface area contributed by atoms with Gasteiger partial charge in [-0.15, -0.1) is 0 Å². The van der Waals surface area contributed by atoms with Gasteiger partial charge in [0.25, 0.3) is 0 Å². The highest BCUT2D eigenvalue weighted by molar-refractivity contribution is 5.96. The smallest absolute Gasteiger partial charge is 0.343 e. The van der Waals surface area contributed by atoms with Crippen LogP contribution in [0.5, 0.6) is 5.75 Å². The van der Waals surface area contributed by atoms with E-state index in [1.807, 2.05) is 30.3 Å². The Bertz CT molecular complexity index is 1420. The van der Waals surface area contributed by atoms with Crippen LogP contribution in [-0.4, -0.2) is 18.5 Å². The Morgan fingerprint density at radius 3 is 1.98 bits per heavy atom. The molecule has 0 amide bonds. The molecule has 4 heteroatoms. The largest absolute Gasteiger partial charge is 0.462 e. The number of unbranched alkanes of at least 4 members (excludes halogenated alkanes) is 5. The van der Waals surface area contributed by atoms with Crippen LogP contribution in [0.25, 0.3) is 21.9 Å². The molecule has 0 saturated carbocycles. The Hall–Kier alpha value is -3.92. The molecule has 1 atom stereocenters. The summed E-state index contributed by atoms with van der Waals surface area (Å²) >= 11 is 0. The Morgan fingerprint density at radius 2 is 1.27 bits per heavy atom. The molecule has 0 aliphatic heterocycles. The number of esters is 2. The molecule has 0 radical (unpaired) electrons. The van der Waals surface area contributed by atoms with Crippen molar-refractivity contribution in [2.24, 2.45) is 5.92 Å². The van der Waals surface area contributed by atoms with Gasteiger partial charge in [-0.05, 0) is 82.6 Å². The van der Waals surface area contributed by atoms with E-state index in [1.54, 1.807) is 30.3 Å². The van der Waals surface area contributed by atoms with Crippen molar-refractivity contribution in [3.05, 3.63) is 102 Å². The summed E-state index contributed by atoms with van der Waals surface area (Å²) in [7, 11) is 0. The summed E-state index contributed by atoms with van der Waals surface area (Å²) in [6.07, 6.45) is 9.94. The van der Waals surface area contributed by atoms with E-state index in [0.717, 1.165) is 34.7 Å². The third kappa shape index (κ3) is 8.78. The molecule has 4 nitrogen and oxygen atoms in total. The van der Waals surface area contributed by atoms with Crippen molar-refractivity contribution >= 4 is 22.7 Å². The van der Waals surface area contributed by atoms with Gasteiger partial charge >= 0.3 is 11.9 Å². The van der Waals surface area contributed by atoms with Gasteiger partial charge in [0.1, 0.15) is 5.75 Å². The van der Waals surface area contributed by atoms with Gasteiger partial charge < -0.3 is 9.47 Å². The van der Waals surface area contributed by atoms with E-state index >= 15 is 0 Å². The Morgan fingerprint density at radius 1 is 0.659 bits per heavy atom. The fraction of sp³-hybridized carbons (Fsp3) is 0.351. The molecule has 0 aliphatic rings. The van der Waals surface area contributed by atoms with Crippen molar-refractivity contribution in [3.8, 4) is 16.9 Å². The second-order valence-corrected chi connectivity index (χ2v) is 11.0. The predicted octanol–water partition coefficient (Wildman–Crippen LogP) is 9.83. The number of carbonyl (C=O) groups is 2. The maximum Gasteiger partial charge on any atom is 0.343 e. The molecular formula is C37H42O4. The fourth-order valence-electron chi connectivity index (χ4n) is 4.77. The van der Waals surface area contributed by atoms with Crippen molar-refractivity contribution in [3.63, 3.8) is 0 Å². The van der Waals surface area contributed by atoms with Crippen LogP contribution in [0.2, 0.25) is 0 Å². The second kappa shape index (κ2) is 15.2. The molecule has 0 aliphatic carbocycles. The SMILES string of the molecule is CCCCCCCCc1ccc(-c2ccc(C(=O)Oc3ccc4cc(C(=O)OCC(C)CC)ccc4c3)cc2)cc1. The van der Waals surface area contributed by atoms with Gasteiger partial charge in [-0.3, -0.25) is 0 Å². The molecule has 0 aromatic heterocycles. The van der Waals surface area contributed by atoms with Gasteiger partial charge in [0.2, 0.25) is 0 Å². The molecule has 4 rings (SSSR count). The average molecular weight is 551 g/mol. The van der Waals surface area contributed by atoms with Crippen molar-refractivity contribution in [2.45, 2.75) is 72.1 Å². The van der Waals surface area contributed by atoms with Crippen molar-refractivity contribution in [1.82, 2.24) is 0 Å². The maximum absolute atomic E-state index is 12.8. The first-order valence-corrected chi connectivity index (χ1v) is 15.1. The molecule has 0 spiro atoms. The molecule has 1 unspecified atom stereocenters. The molecule has 214 valence electrons.